The number of nitrogens with zero attached hydrogens (tertiary/aromatic N) is 4. The Balaban J connectivity index is 1.96. The smallest absolute Gasteiger partial charge is 0.272 e. The van der Waals surface area contributed by atoms with Crippen LogP contribution >= 0.6 is 0 Å². The number of hydrogen-bond acceptors (Lipinski definition) is 4. The number of carbonyl (C=O) groups excluding carboxylic acids is 1. The van der Waals surface area contributed by atoms with Gasteiger partial charge in [-0.3, -0.25) is 9.48 Å². The molecule has 2 heterocycles. The van der Waals surface area contributed by atoms with Crippen molar-refractivity contribution in [3.05, 3.63) is 17.5 Å². The summed E-state index contributed by atoms with van der Waals surface area (Å²) in [7, 11) is 1.83. The second-order valence-electron chi connectivity index (χ2n) is 5.42. The highest BCUT2D eigenvalue weighted by atomic mass is 16.2. The van der Waals surface area contributed by atoms with E-state index in [-0.39, 0.29) is 5.91 Å². The lowest BCUT2D eigenvalue weighted by Crippen LogP contribution is -2.36. The zero-order valence-electron chi connectivity index (χ0n) is 12.5. The van der Waals surface area contributed by atoms with Crippen LogP contribution in [0.5, 0.6) is 0 Å². The minimum atomic E-state index is 0.0915. The van der Waals surface area contributed by atoms with Crippen molar-refractivity contribution in [1.82, 2.24) is 19.6 Å². The van der Waals surface area contributed by atoms with E-state index in [9.17, 15) is 4.79 Å². The standard InChI is InChI=1S/C14H25N5O/c1-12-11-13(17(2)16-12)14(20)19-8-4-7-18(9-10-19)6-3-5-15/h11H,3-10,15H2,1-2H3. The summed E-state index contributed by atoms with van der Waals surface area (Å²) in [6.07, 6.45) is 2.04. The monoisotopic (exact) mass is 279 g/mol. The number of nitrogens with two attached hydrogens (primary N) is 1. The van der Waals surface area contributed by atoms with Crippen molar-refractivity contribution in [3.8, 4) is 0 Å². The lowest BCUT2D eigenvalue weighted by Gasteiger charge is -2.21. The van der Waals surface area contributed by atoms with Crippen LogP contribution in [0.25, 0.3) is 0 Å². The molecular formula is C14H25N5O. The van der Waals surface area contributed by atoms with Crippen LogP contribution in [0.4, 0.5) is 0 Å². The van der Waals surface area contributed by atoms with Gasteiger partial charge in [0.05, 0.1) is 5.69 Å². The fourth-order valence-electron chi connectivity index (χ4n) is 2.69. The van der Waals surface area contributed by atoms with Crippen molar-refractivity contribution in [2.45, 2.75) is 19.8 Å². The lowest BCUT2D eigenvalue weighted by atomic mass is 10.3. The minimum absolute atomic E-state index is 0.0915. The van der Waals surface area contributed by atoms with E-state index in [0.717, 1.165) is 57.8 Å². The first-order valence-corrected chi connectivity index (χ1v) is 7.34. The first-order valence-electron chi connectivity index (χ1n) is 7.34. The molecule has 0 bridgehead atoms. The maximum atomic E-state index is 12.5. The summed E-state index contributed by atoms with van der Waals surface area (Å²) in [5, 5.41) is 4.25. The van der Waals surface area contributed by atoms with Gasteiger partial charge in [0.15, 0.2) is 0 Å². The van der Waals surface area contributed by atoms with Gasteiger partial charge in [-0.1, -0.05) is 0 Å². The van der Waals surface area contributed by atoms with Gasteiger partial charge < -0.3 is 15.5 Å². The average Bonchev–Trinajstić information content (AvgIpc) is 2.65. The fourth-order valence-corrected chi connectivity index (χ4v) is 2.69. The van der Waals surface area contributed by atoms with Gasteiger partial charge >= 0.3 is 0 Å². The molecule has 1 saturated heterocycles. The third-order valence-electron chi connectivity index (χ3n) is 3.78. The second-order valence-corrected chi connectivity index (χ2v) is 5.42. The molecule has 112 valence electrons. The Morgan fingerprint density at radius 2 is 2.15 bits per heavy atom. The molecule has 0 radical (unpaired) electrons. The third kappa shape index (κ3) is 3.58. The number of aromatic nitrogens is 2. The summed E-state index contributed by atoms with van der Waals surface area (Å²) in [4.78, 5) is 16.9. The summed E-state index contributed by atoms with van der Waals surface area (Å²) in [5.41, 5.74) is 7.12. The van der Waals surface area contributed by atoms with Crippen molar-refractivity contribution in [2.75, 3.05) is 39.3 Å². The summed E-state index contributed by atoms with van der Waals surface area (Å²) in [6.45, 7) is 7.26. The molecule has 1 aliphatic heterocycles. The van der Waals surface area contributed by atoms with E-state index in [4.69, 9.17) is 5.73 Å². The summed E-state index contributed by atoms with van der Waals surface area (Å²) < 4.78 is 1.68. The first kappa shape index (κ1) is 15.0. The van der Waals surface area contributed by atoms with Gasteiger partial charge in [0.25, 0.3) is 5.91 Å². The highest BCUT2D eigenvalue weighted by Crippen LogP contribution is 2.10. The lowest BCUT2D eigenvalue weighted by molar-refractivity contribution is 0.0750. The molecule has 1 aromatic rings. The number of amides is 1. The molecule has 6 heteroatoms. The molecule has 0 unspecified atom stereocenters. The van der Waals surface area contributed by atoms with Crippen LogP contribution < -0.4 is 5.73 Å². The molecule has 1 aromatic heterocycles. The summed E-state index contributed by atoms with van der Waals surface area (Å²) in [5.74, 6) is 0.0915. The molecule has 1 fully saturated rings. The van der Waals surface area contributed by atoms with Gasteiger partial charge in [0.2, 0.25) is 0 Å². The normalized spacial score (nSPS) is 17.2. The maximum absolute atomic E-state index is 12.5. The van der Waals surface area contributed by atoms with Gasteiger partial charge in [-0.2, -0.15) is 5.10 Å². The summed E-state index contributed by atoms with van der Waals surface area (Å²) >= 11 is 0. The Labute approximate surface area is 120 Å². The van der Waals surface area contributed by atoms with Gasteiger partial charge in [-0.05, 0) is 45.5 Å². The largest absolute Gasteiger partial charge is 0.336 e. The minimum Gasteiger partial charge on any atom is -0.336 e. The molecule has 0 aromatic carbocycles. The van der Waals surface area contributed by atoms with Gasteiger partial charge in [-0.25, -0.2) is 0 Å². The molecule has 0 saturated carbocycles. The molecule has 6 nitrogen and oxygen atoms in total. The molecule has 2 N–H and O–H groups in total. The van der Waals surface area contributed by atoms with E-state index in [2.05, 4.69) is 10.00 Å². The highest BCUT2D eigenvalue weighted by molar-refractivity contribution is 5.92. The molecule has 20 heavy (non-hydrogen) atoms. The number of rotatable bonds is 4. The Bertz CT molecular complexity index is 456. The zero-order valence-corrected chi connectivity index (χ0v) is 12.5. The van der Waals surface area contributed by atoms with Crippen LogP contribution in [0.2, 0.25) is 0 Å². The van der Waals surface area contributed by atoms with E-state index in [1.54, 1.807) is 4.68 Å². The Morgan fingerprint density at radius 3 is 2.80 bits per heavy atom. The van der Waals surface area contributed by atoms with Crippen LogP contribution in [-0.4, -0.2) is 64.8 Å². The van der Waals surface area contributed by atoms with Crippen LogP contribution in [0, 0.1) is 6.92 Å². The van der Waals surface area contributed by atoms with E-state index >= 15 is 0 Å². The molecule has 2 rings (SSSR count). The van der Waals surface area contributed by atoms with E-state index in [1.807, 2.05) is 24.9 Å². The fraction of sp³-hybridized carbons (Fsp3) is 0.714. The van der Waals surface area contributed by atoms with Crippen molar-refractivity contribution in [2.24, 2.45) is 12.8 Å². The topological polar surface area (TPSA) is 67.4 Å². The van der Waals surface area contributed by atoms with Gasteiger partial charge in [0.1, 0.15) is 5.69 Å². The predicted molar refractivity (Wildman–Crippen MR) is 78.6 cm³/mol. The summed E-state index contributed by atoms with van der Waals surface area (Å²) in [6, 6.07) is 1.86. The van der Waals surface area contributed by atoms with Crippen LogP contribution in [0.1, 0.15) is 29.0 Å². The Morgan fingerprint density at radius 1 is 1.35 bits per heavy atom. The Kier molecular flexibility index (Phi) is 5.14. The van der Waals surface area contributed by atoms with Crippen molar-refractivity contribution in [3.63, 3.8) is 0 Å². The molecule has 1 aliphatic rings. The van der Waals surface area contributed by atoms with Crippen molar-refractivity contribution in [1.29, 1.82) is 0 Å². The number of hydrogen-bond donors (Lipinski definition) is 1. The van der Waals surface area contributed by atoms with Crippen LogP contribution in [0.15, 0.2) is 6.07 Å². The SMILES string of the molecule is Cc1cc(C(=O)N2CCCN(CCCN)CC2)n(C)n1. The molecule has 1 amide bonds. The van der Waals surface area contributed by atoms with Gasteiger partial charge in [0, 0.05) is 26.7 Å². The third-order valence-corrected chi connectivity index (χ3v) is 3.78. The average molecular weight is 279 g/mol. The zero-order chi connectivity index (χ0) is 14.5. The molecule has 0 atom stereocenters. The Hall–Kier alpha value is -1.40. The quantitative estimate of drug-likeness (QED) is 0.856. The van der Waals surface area contributed by atoms with E-state index in [0.29, 0.717) is 5.69 Å². The maximum Gasteiger partial charge on any atom is 0.272 e. The van der Waals surface area contributed by atoms with E-state index < -0.39 is 0 Å². The van der Waals surface area contributed by atoms with Crippen molar-refractivity contribution < 1.29 is 4.79 Å². The van der Waals surface area contributed by atoms with Crippen LogP contribution in [-0.2, 0) is 7.05 Å². The van der Waals surface area contributed by atoms with Crippen LogP contribution in [0.3, 0.4) is 0 Å². The highest BCUT2D eigenvalue weighted by Gasteiger charge is 2.22. The second kappa shape index (κ2) is 6.85. The van der Waals surface area contributed by atoms with Gasteiger partial charge in [-0.15, -0.1) is 0 Å². The number of aryl methyl sites for hydroxylation is 2. The predicted octanol–water partition coefficient (Wildman–Crippen LogP) is 0.225. The molecule has 0 aliphatic carbocycles. The molecular weight excluding hydrogens is 254 g/mol. The first-order chi connectivity index (χ1) is 9.61. The van der Waals surface area contributed by atoms with E-state index in [1.165, 1.54) is 0 Å². The molecule has 0 spiro atoms. The number of carbonyl (C=O) groups is 1. The van der Waals surface area contributed by atoms with Crippen molar-refractivity contribution >= 4 is 5.91 Å².